The highest BCUT2D eigenvalue weighted by Gasteiger charge is 2.11. The molecule has 0 saturated carbocycles. The first-order valence-corrected chi connectivity index (χ1v) is 11.3. The van der Waals surface area contributed by atoms with Crippen LogP contribution >= 0.6 is 0 Å². The summed E-state index contributed by atoms with van der Waals surface area (Å²) in [7, 11) is 0. The normalized spacial score (nSPS) is 10.8. The Morgan fingerprint density at radius 2 is 1.56 bits per heavy atom. The van der Waals surface area contributed by atoms with Crippen molar-refractivity contribution in [1.29, 1.82) is 5.26 Å². The maximum absolute atomic E-state index is 9.38. The van der Waals surface area contributed by atoms with E-state index in [1.165, 1.54) is 11.1 Å². The summed E-state index contributed by atoms with van der Waals surface area (Å²) < 4.78 is 2.06. The third-order valence-electron chi connectivity index (χ3n) is 5.67. The second-order valence-electron chi connectivity index (χ2n) is 8.05. The van der Waals surface area contributed by atoms with Crippen LogP contribution in [0.25, 0.3) is 11.1 Å². The Morgan fingerprint density at radius 3 is 2.31 bits per heavy atom. The van der Waals surface area contributed by atoms with Gasteiger partial charge in [-0.3, -0.25) is 0 Å². The van der Waals surface area contributed by atoms with Crippen molar-refractivity contribution in [1.82, 2.24) is 14.8 Å². The van der Waals surface area contributed by atoms with Crippen molar-refractivity contribution in [3.63, 3.8) is 0 Å². The Labute approximate surface area is 190 Å². The SMILES string of the molecule is CCCCc1nc(CCc2ccccc2)nn1Cc1ccc(-c2ccccc2C#N)cc1. The minimum absolute atomic E-state index is 0.696. The zero-order valence-electron chi connectivity index (χ0n) is 18.5. The van der Waals surface area contributed by atoms with Gasteiger partial charge in [0.1, 0.15) is 5.82 Å². The average molecular weight is 421 g/mol. The topological polar surface area (TPSA) is 54.5 Å². The number of rotatable bonds is 9. The number of nitriles is 1. The summed E-state index contributed by atoms with van der Waals surface area (Å²) in [5, 5.41) is 14.2. The highest BCUT2D eigenvalue weighted by Crippen LogP contribution is 2.24. The zero-order valence-corrected chi connectivity index (χ0v) is 18.5. The monoisotopic (exact) mass is 420 g/mol. The zero-order chi connectivity index (χ0) is 22.2. The van der Waals surface area contributed by atoms with E-state index in [2.05, 4.69) is 66.2 Å². The maximum Gasteiger partial charge on any atom is 0.151 e. The van der Waals surface area contributed by atoms with Crippen LogP contribution in [0.5, 0.6) is 0 Å². The molecule has 1 heterocycles. The van der Waals surface area contributed by atoms with Crippen LogP contribution in [0.3, 0.4) is 0 Å². The molecule has 0 N–H and O–H groups in total. The van der Waals surface area contributed by atoms with Gasteiger partial charge in [0.25, 0.3) is 0 Å². The fourth-order valence-corrected chi connectivity index (χ4v) is 3.87. The molecule has 4 aromatic rings. The number of unbranched alkanes of at least 4 members (excludes halogenated alkanes) is 1. The molecule has 3 aromatic carbocycles. The summed E-state index contributed by atoms with van der Waals surface area (Å²) in [6, 6.07) is 28.9. The minimum Gasteiger partial charge on any atom is -0.245 e. The lowest BCUT2D eigenvalue weighted by Crippen LogP contribution is -2.07. The minimum atomic E-state index is 0.696. The molecule has 0 aliphatic carbocycles. The van der Waals surface area contributed by atoms with E-state index >= 15 is 0 Å². The first-order valence-electron chi connectivity index (χ1n) is 11.3. The summed E-state index contributed by atoms with van der Waals surface area (Å²) in [6.07, 6.45) is 4.99. The number of nitrogens with zero attached hydrogens (tertiary/aromatic N) is 4. The van der Waals surface area contributed by atoms with E-state index in [4.69, 9.17) is 10.1 Å². The number of aromatic nitrogens is 3. The van der Waals surface area contributed by atoms with Gasteiger partial charge < -0.3 is 0 Å². The van der Waals surface area contributed by atoms with Gasteiger partial charge in [-0.15, -0.1) is 0 Å². The van der Waals surface area contributed by atoms with Crippen molar-refractivity contribution in [2.45, 2.75) is 45.6 Å². The summed E-state index contributed by atoms with van der Waals surface area (Å²) in [5.41, 5.74) is 5.21. The van der Waals surface area contributed by atoms with Gasteiger partial charge in [-0.2, -0.15) is 10.4 Å². The van der Waals surface area contributed by atoms with Crippen LogP contribution in [-0.4, -0.2) is 14.8 Å². The largest absolute Gasteiger partial charge is 0.245 e. The van der Waals surface area contributed by atoms with Crippen LogP contribution in [0.15, 0.2) is 78.9 Å². The third-order valence-corrected chi connectivity index (χ3v) is 5.67. The number of hydrogen-bond donors (Lipinski definition) is 0. The lowest BCUT2D eigenvalue weighted by Gasteiger charge is -2.08. The molecule has 0 amide bonds. The van der Waals surface area contributed by atoms with Crippen LogP contribution in [0.2, 0.25) is 0 Å². The second kappa shape index (κ2) is 10.5. The van der Waals surface area contributed by atoms with Gasteiger partial charge >= 0.3 is 0 Å². The Hall–Kier alpha value is -3.71. The van der Waals surface area contributed by atoms with Crippen LogP contribution in [0, 0.1) is 11.3 Å². The van der Waals surface area contributed by atoms with Crippen molar-refractivity contribution in [2.75, 3.05) is 0 Å². The molecule has 32 heavy (non-hydrogen) atoms. The molecule has 0 aliphatic heterocycles. The van der Waals surface area contributed by atoms with Crippen molar-refractivity contribution in [2.24, 2.45) is 0 Å². The van der Waals surface area contributed by atoms with Crippen LogP contribution in [-0.2, 0) is 25.8 Å². The van der Waals surface area contributed by atoms with E-state index < -0.39 is 0 Å². The molecule has 4 rings (SSSR count). The first kappa shape index (κ1) is 21.5. The Bertz CT molecular complexity index is 1180. The van der Waals surface area contributed by atoms with Gasteiger partial charge in [0, 0.05) is 12.8 Å². The molecule has 4 heteroatoms. The fourth-order valence-electron chi connectivity index (χ4n) is 3.87. The molecule has 0 atom stereocenters. The number of hydrogen-bond acceptors (Lipinski definition) is 3. The number of benzene rings is 3. The molecular weight excluding hydrogens is 392 g/mol. The predicted molar refractivity (Wildman–Crippen MR) is 128 cm³/mol. The fraction of sp³-hybridized carbons (Fsp3) is 0.250. The van der Waals surface area contributed by atoms with E-state index in [9.17, 15) is 5.26 Å². The van der Waals surface area contributed by atoms with Crippen molar-refractivity contribution >= 4 is 0 Å². The van der Waals surface area contributed by atoms with E-state index in [0.717, 1.165) is 54.9 Å². The molecule has 0 aliphatic rings. The Balaban J connectivity index is 1.51. The van der Waals surface area contributed by atoms with Gasteiger partial charge in [0.2, 0.25) is 0 Å². The Kier molecular flexibility index (Phi) is 7.09. The highest BCUT2D eigenvalue weighted by atomic mass is 15.3. The van der Waals surface area contributed by atoms with Gasteiger partial charge in [0.15, 0.2) is 5.82 Å². The second-order valence-corrected chi connectivity index (χ2v) is 8.05. The van der Waals surface area contributed by atoms with Gasteiger partial charge in [-0.1, -0.05) is 86.1 Å². The van der Waals surface area contributed by atoms with Crippen molar-refractivity contribution in [3.05, 3.63) is 107 Å². The highest BCUT2D eigenvalue weighted by molar-refractivity contribution is 5.70. The average Bonchev–Trinajstić information content (AvgIpc) is 3.23. The molecule has 0 bridgehead atoms. The van der Waals surface area contributed by atoms with Gasteiger partial charge in [-0.25, -0.2) is 9.67 Å². The van der Waals surface area contributed by atoms with Crippen LogP contribution in [0.1, 0.15) is 48.1 Å². The Morgan fingerprint density at radius 1 is 0.812 bits per heavy atom. The number of aryl methyl sites for hydroxylation is 3. The van der Waals surface area contributed by atoms with Gasteiger partial charge in [0.05, 0.1) is 18.2 Å². The van der Waals surface area contributed by atoms with Crippen molar-refractivity contribution in [3.8, 4) is 17.2 Å². The molecule has 0 saturated heterocycles. The standard InChI is InChI=1S/C28H28N4/c1-2-3-13-28-30-27(19-16-22-9-5-4-6-10-22)31-32(28)21-23-14-17-24(18-15-23)26-12-8-7-11-25(26)20-29/h4-12,14-15,17-18H,2-3,13,16,19,21H2,1H3. The maximum atomic E-state index is 9.38. The predicted octanol–water partition coefficient (Wildman–Crippen LogP) is 5.99. The smallest absolute Gasteiger partial charge is 0.151 e. The summed E-state index contributed by atoms with van der Waals surface area (Å²) >= 11 is 0. The first-order chi connectivity index (χ1) is 15.8. The molecule has 0 fully saturated rings. The summed E-state index contributed by atoms with van der Waals surface area (Å²) in [4.78, 5) is 4.86. The lowest BCUT2D eigenvalue weighted by atomic mass is 9.99. The van der Waals surface area contributed by atoms with Crippen molar-refractivity contribution < 1.29 is 0 Å². The molecule has 160 valence electrons. The van der Waals surface area contributed by atoms with Gasteiger partial charge in [-0.05, 0) is 41.2 Å². The molecular formula is C28H28N4. The molecule has 0 radical (unpaired) electrons. The van der Waals surface area contributed by atoms with E-state index in [-0.39, 0.29) is 0 Å². The molecule has 0 spiro atoms. The summed E-state index contributed by atoms with van der Waals surface area (Å²) in [6.45, 7) is 2.91. The van der Waals surface area contributed by atoms with E-state index in [1.807, 2.05) is 30.3 Å². The quantitative estimate of drug-likeness (QED) is 0.334. The molecule has 4 nitrogen and oxygen atoms in total. The summed E-state index contributed by atoms with van der Waals surface area (Å²) in [5.74, 6) is 1.98. The third kappa shape index (κ3) is 5.31. The van der Waals surface area contributed by atoms with E-state index in [1.54, 1.807) is 0 Å². The molecule has 0 unspecified atom stereocenters. The van der Waals surface area contributed by atoms with E-state index in [0.29, 0.717) is 12.1 Å². The van der Waals surface area contributed by atoms with Crippen LogP contribution in [0.4, 0.5) is 0 Å². The molecule has 1 aromatic heterocycles. The lowest BCUT2D eigenvalue weighted by molar-refractivity contribution is 0.613. The van der Waals surface area contributed by atoms with Crippen LogP contribution < -0.4 is 0 Å².